The fourth-order valence-corrected chi connectivity index (χ4v) is 2.39. The largest absolute Gasteiger partial charge is 0.478 e. The van der Waals surface area contributed by atoms with Gasteiger partial charge in [-0.1, -0.05) is 53.4 Å². The van der Waals surface area contributed by atoms with E-state index in [1.807, 2.05) is 0 Å². The number of aromatic carboxylic acids is 1. The first-order valence-electron chi connectivity index (χ1n) is 8.88. The van der Waals surface area contributed by atoms with Gasteiger partial charge in [-0.25, -0.2) is 4.79 Å². The van der Waals surface area contributed by atoms with Crippen LogP contribution in [0, 0.1) is 16.0 Å². The summed E-state index contributed by atoms with van der Waals surface area (Å²) in [6.45, 7) is 8.62. The first-order valence-corrected chi connectivity index (χ1v) is 8.88. The summed E-state index contributed by atoms with van der Waals surface area (Å²) >= 11 is 0. The fourth-order valence-electron chi connectivity index (χ4n) is 2.39. The smallest absolute Gasteiger partial charge is 0.335 e. The van der Waals surface area contributed by atoms with Gasteiger partial charge in [0.25, 0.3) is 5.69 Å². The number of non-ortho nitro benzene ring substituents is 1. The van der Waals surface area contributed by atoms with Crippen molar-refractivity contribution in [1.82, 2.24) is 0 Å². The third-order valence-corrected chi connectivity index (χ3v) is 4.33. The number of nitrogens with zero attached hydrogens (tertiary/aromatic N) is 1. The minimum Gasteiger partial charge on any atom is -0.478 e. The molecule has 2 N–H and O–H groups in total. The third kappa shape index (κ3) is 8.63. The quantitative estimate of drug-likeness (QED) is 0.478. The average Bonchev–Trinajstić information content (AvgIpc) is 2.58. The molecule has 0 saturated carbocycles. The zero-order valence-corrected chi connectivity index (χ0v) is 15.7. The van der Waals surface area contributed by atoms with Crippen LogP contribution in [0.15, 0.2) is 24.3 Å². The van der Waals surface area contributed by atoms with Crippen LogP contribution in [0.25, 0.3) is 0 Å². The Bertz CT molecular complexity index is 484. The molecule has 1 rings (SSSR count). The number of carboxylic acid groups (broad SMARTS) is 1. The van der Waals surface area contributed by atoms with Crippen molar-refractivity contribution in [1.29, 1.82) is 0 Å². The summed E-state index contributed by atoms with van der Waals surface area (Å²) in [4.78, 5) is 19.9. The van der Waals surface area contributed by atoms with Crippen molar-refractivity contribution < 1.29 is 19.9 Å². The number of nitro benzene ring substituents is 1. The van der Waals surface area contributed by atoms with Crippen molar-refractivity contribution in [3.8, 4) is 0 Å². The molecule has 0 aliphatic rings. The van der Waals surface area contributed by atoms with Crippen molar-refractivity contribution in [2.24, 2.45) is 5.92 Å². The molecule has 0 fully saturated rings. The van der Waals surface area contributed by atoms with E-state index in [9.17, 15) is 20.0 Å². The fraction of sp³-hybridized carbons (Fsp3) is 0.632. The molecule has 1 aromatic carbocycles. The minimum atomic E-state index is -1.09. The molecule has 0 aromatic heterocycles. The van der Waals surface area contributed by atoms with E-state index in [0.29, 0.717) is 5.92 Å². The summed E-state index contributed by atoms with van der Waals surface area (Å²) in [5.74, 6) is -0.699. The van der Waals surface area contributed by atoms with E-state index in [4.69, 9.17) is 5.11 Å². The monoisotopic (exact) mass is 353 g/mol. The van der Waals surface area contributed by atoms with Gasteiger partial charge in [-0.3, -0.25) is 10.1 Å². The summed E-state index contributed by atoms with van der Waals surface area (Å²) in [7, 11) is 0. The molecular weight excluding hydrogens is 322 g/mol. The summed E-state index contributed by atoms with van der Waals surface area (Å²) in [5, 5.41) is 28.9. The zero-order chi connectivity index (χ0) is 19.5. The molecule has 1 aromatic rings. The first kappa shape index (κ1) is 23.1. The van der Waals surface area contributed by atoms with Crippen molar-refractivity contribution >= 4 is 11.7 Å². The van der Waals surface area contributed by atoms with Gasteiger partial charge < -0.3 is 10.2 Å². The number of unbranched alkanes of at least 4 members (excludes halogenated alkanes) is 2. The summed E-state index contributed by atoms with van der Waals surface area (Å²) < 4.78 is 0. The van der Waals surface area contributed by atoms with E-state index < -0.39 is 16.5 Å². The maximum Gasteiger partial charge on any atom is 0.335 e. The average molecular weight is 353 g/mol. The van der Waals surface area contributed by atoms with Gasteiger partial charge in [0.1, 0.15) is 0 Å². The van der Waals surface area contributed by atoms with E-state index in [1.54, 1.807) is 0 Å². The molecule has 0 saturated heterocycles. The SMILES string of the molecule is CCCCC(O)(CCCC)C(C)C.O=C(O)c1ccc([N+](=O)[O-])cc1. The number of rotatable bonds is 9. The van der Waals surface area contributed by atoms with Crippen molar-refractivity contribution in [3.05, 3.63) is 39.9 Å². The molecule has 25 heavy (non-hydrogen) atoms. The van der Waals surface area contributed by atoms with Gasteiger partial charge in [0.05, 0.1) is 16.1 Å². The predicted molar refractivity (Wildman–Crippen MR) is 98.9 cm³/mol. The molecule has 6 heteroatoms. The molecular formula is C19H31NO5. The standard InChI is InChI=1S/C12H26O.C7H5NO4/c1-5-7-9-12(13,11(3)4)10-8-6-2;9-7(10)5-1-3-6(4-2-5)8(11)12/h11,13H,5-10H2,1-4H3;1-4H,(H,9,10). The molecule has 142 valence electrons. The Kier molecular flexibility index (Phi) is 10.7. The number of nitro groups is 1. The normalized spacial score (nSPS) is 11.0. The van der Waals surface area contributed by atoms with Crippen LogP contribution in [0.3, 0.4) is 0 Å². The Morgan fingerprint density at radius 3 is 1.84 bits per heavy atom. The number of carboxylic acids is 1. The molecule has 6 nitrogen and oxygen atoms in total. The predicted octanol–water partition coefficient (Wildman–Crippen LogP) is 5.05. The van der Waals surface area contributed by atoms with Crippen molar-refractivity contribution in [2.45, 2.75) is 71.8 Å². The zero-order valence-electron chi connectivity index (χ0n) is 15.7. The highest BCUT2D eigenvalue weighted by Crippen LogP contribution is 2.29. The lowest BCUT2D eigenvalue weighted by atomic mass is 9.81. The van der Waals surface area contributed by atoms with E-state index in [1.165, 1.54) is 25.0 Å². The molecule has 0 atom stereocenters. The van der Waals surface area contributed by atoms with Gasteiger partial charge in [-0.05, 0) is 30.9 Å². The van der Waals surface area contributed by atoms with Crippen LogP contribution < -0.4 is 0 Å². The van der Waals surface area contributed by atoms with Gasteiger partial charge in [0.15, 0.2) is 0 Å². The molecule has 0 bridgehead atoms. The highest BCUT2D eigenvalue weighted by Gasteiger charge is 2.28. The van der Waals surface area contributed by atoms with Crippen LogP contribution in [0.1, 0.15) is 76.6 Å². The Morgan fingerprint density at radius 1 is 1.12 bits per heavy atom. The number of carbonyl (C=O) groups is 1. The topological polar surface area (TPSA) is 101 Å². The molecule has 0 heterocycles. The number of benzene rings is 1. The van der Waals surface area contributed by atoms with Crippen LogP contribution in [-0.4, -0.2) is 26.7 Å². The van der Waals surface area contributed by atoms with E-state index in [-0.39, 0.29) is 11.3 Å². The number of hydrogen-bond donors (Lipinski definition) is 2. The number of hydrogen-bond acceptors (Lipinski definition) is 4. The van der Waals surface area contributed by atoms with Gasteiger partial charge in [-0.15, -0.1) is 0 Å². The maximum absolute atomic E-state index is 10.4. The van der Waals surface area contributed by atoms with E-state index >= 15 is 0 Å². The second kappa shape index (κ2) is 11.6. The lowest BCUT2D eigenvalue weighted by Gasteiger charge is -2.32. The van der Waals surface area contributed by atoms with E-state index in [0.717, 1.165) is 37.8 Å². The lowest BCUT2D eigenvalue weighted by Crippen LogP contribution is -2.34. The van der Waals surface area contributed by atoms with Crippen LogP contribution in [-0.2, 0) is 0 Å². The van der Waals surface area contributed by atoms with Crippen molar-refractivity contribution in [2.75, 3.05) is 0 Å². The summed E-state index contributed by atoms with van der Waals surface area (Å²) in [6, 6.07) is 4.70. The third-order valence-electron chi connectivity index (χ3n) is 4.33. The van der Waals surface area contributed by atoms with Crippen LogP contribution in [0.5, 0.6) is 0 Å². The maximum atomic E-state index is 10.4. The lowest BCUT2D eigenvalue weighted by molar-refractivity contribution is -0.384. The Morgan fingerprint density at radius 2 is 1.56 bits per heavy atom. The molecule has 0 amide bonds. The molecule has 0 spiro atoms. The van der Waals surface area contributed by atoms with Gasteiger partial charge in [0, 0.05) is 12.1 Å². The second-order valence-corrected chi connectivity index (χ2v) is 6.57. The van der Waals surface area contributed by atoms with Crippen molar-refractivity contribution in [3.63, 3.8) is 0 Å². The Hall–Kier alpha value is -1.95. The Labute approximate surface area is 150 Å². The number of aliphatic hydroxyl groups is 1. The Balaban J connectivity index is 0.000000462. The van der Waals surface area contributed by atoms with Gasteiger partial charge in [0.2, 0.25) is 0 Å². The molecule has 0 radical (unpaired) electrons. The van der Waals surface area contributed by atoms with Gasteiger partial charge in [-0.2, -0.15) is 0 Å². The van der Waals surface area contributed by atoms with Crippen LogP contribution in [0.4, 0.5) is 5.69 Å². The summed E-state index contributed by atoms with van der Waals surface area (Å²) in [5.41, 5.74) is -0.466. The molecule has 0 aliphatic heterocycles. The van der Waals surface area contributed by atoms with Crippen LogP contribution >= 0.6 is 0 Å². The minimum absolute atomic E-state index is 0.0422. The van der Waals surface area contributed by atoms with E-state index in [2.05, 4.69) is 27.7 Å². The van der Waals surface area contributed by atoms with Gasteiger partial charge >= 0.3 is 5.97 Å². The second-order valence-electron chi connectivity index (χ2n) is 6.57. The first-order chi connectivity index (χ1) is 11.7. The molecule has 0 aliphatic carbocycles. The van der Waals surface area contributed by atoms with Crippen LogP contribution in [0.2, 0.25) is 0 Å². The summed E-state index contributed by atoms with van der Waals surface area (Å²) in [6.07, 6.45) is 6.61. The molecule has 0 unspecified atom stereocenters. The highest BCUT2D eigenvalue weighted by atomic mass is 16.6. The highest BCUT2D eigenvalue weighted by molar-refractivity contribution is 5.87.